The molecule has 240 valence electrons. The van der Waals surface area contributed by atoms with Crippen LogP contribution in [0.25, 0.3) is 0 Å². The lowest BCUT2D eigenvalue weighted by molar-refractivity contribution is -0.161. The molecule has 3 atom stereocenters. The molecule has 1 rings (SSSR count). The third kappa shape index (κ3) is 23.9. The van der Waals surface area contributed by atoms with Crippen LogP contribution in [0.15, 0.2) is 12.2 Å². The number of ether oxygens (including phenoxy) is 3. The number of carbonyl (C=O) groups is 2. The molecule has 1 aliphatic rings. The van der Waals surface area contributed by atoms with Gasteiger partial charge >= 0.3 is 19.8 Å². The molecule has 0 aromatic carbocycles. The average Bonchev–Trinajstić information content (AvgIpc) is 3.68. The minimum absolute atomic E-state index is 0.206. The number of rotatable bonds is 28. The van der Waals surface area contributed by atoms with E-state index in [0.29, 0.717) is 25.0 Å². The van der Waals surface area contributed by atoms with Crippen LogP contribution < -0.4 is 0 Å². The number of phosphoric acid groups is 1. The number of unbranched alkanes of at least 4 members (excludes halogenated alkanes) is 13. The van der Waals surface area contributed by atoms with E-state index in [1.807, 2.05) is 0 Å². The lowest BCUT2D eigenvalue weighted by atomic mass is 10.1. The molecule has 0 spiro atoms. The second-order valence-electron chi connectivity index (χ2n) is 11.2. The fraction of sp³-hybridized carbons (Fsp3) is 0.871. The van der Waals surface area contributed by atoms with Crippen LogP contribution in [0.4, 0.5) is 0 Å². The first-order valence-electron chi connectivity index (χ1n) is 16.1. The van der Waals surface area contributed by atoms with Crippen molar-refractivity contribution in [2.75, 3.05) is 13.2 Å². The summed E-state index contributed by atoms with van der Waals surface area (Å²) >= 11 is 0. The number of allylic oxidation sites excluding steroid dienone is 1. The molecule has 0 aromatic rings. The fourth-order valence-corrected chi connectivity index (χ4v) is 5.03. The summed E-state index contributed by atoms with van der Waals surface area (Å²) in [5.74, 6) is -0.915. The molecule has 0 aromatic heterocycles. The minimum Gasteiger partial charge on any atom is -0.462 e. The van der Waals surface area contributed by atoms with Crippen LogP contribution in [-0.4, -0.2) is 53.3 Å². The predicted molar refractivity (Wildman–Crippen MR) is 160 cm³/mol. The minimum atomic E-state index is -4.74. The number of carbonyl (C=O) groups excluding carboxylic acids is 2. The van der Waals surface area contributed by atoms with Gasteiger partial charge in [-0.3, -0.25) is 14.1 Å². The van der Waals surface area contributed by atoms with Gasteiger partial charge in [-0.05, 0) is 38.5 Å². The van der Waals surface area contributed by atoms with Crippen molar-refractivity contribution in [1.29, 1.82) is 0 Å². The third-order valence-electron chi connectivity index (χ3n) is 7.21. The van der Waals surface area contributed by atoms with Crippen LogP contribution >= 0.6 is 7.82 Å². The Kier molecular flexibility index (Phi) is 22.3. The van der Waals surface area contributed by atoms with Crippen molar-refractivity contribution >= 4 is 19.8 Å². The van der Waals surface area contributed by atoms with Crippen molar-refractivity contribution in [2.24, 2.45) is 0 Å². The van der Waals surface area contributed by atoms with Crippen molar-refractivity contribution < 1.29 is 42.7 Å². The molecule has 1 saturated heterocycles. The van der Waals surface area contributed by atoms with Crippen molar-refractivity contribution in [1.82, 2.24) is 0 Å². The summed E-state index contributed by atoms with van der Waals surface area (Å²) in [6.45, 7) is 3.55. The number of hydrogen-bond acceptors (Lipinski definition) is 7. The zero-order chi connectivity index (χ0) is 30.2. The molecular weight excluding hydrogens is 547 g/mol. The Balaban J connectivity index is 2.12. The van der Waals surface area contributed by atoms with Crippen LogP contribution in [0.5, 0.6) is 0 Å². The Morgan fingerprint density at radius 2 is 1.34 bits per heavy atom. The summed E-state index contributed by atoms with van der Waals surface area (Å²) < 4.78 is 31.8. The largest absolute Gasteiger partial charge is 0.469 e. The van der Waals surface area contributed by atoms with Crippen molar-refractivity contribution in [3.63, 3.8) is 0 Å². The van der Waals surface area contributed by atoms with E-state index >= 15 is 0 Å². The highest BCUT2D eigenvalue weighted by atomic mass is 31.2. The molecule has 1 fully saturated rings. The Bertz CT molecular complexity index is 752. The van der Waals surface area contributed by atoms with Gasteiger partial charge < -0.3 is 24.0 Å². The number of phosphoric ester groups is 1. The molecule has 0 radical (unpaired) electrons. The standard InChI is InChI=1S/C31H57O9P/c1-3-5-7-9-11-15-20-24-31(33)39-27(26-38-41(34,35)36)25-37-30(32)23-19-16-12-14-18-22-29-28(40-29)21-17-13-10-8-6-4-2/h13,17,27-29H,3-12,14-16,18-26H2,1-2H3,(H2,34,35,36)/b17-13-/t27-,28?,29?/m1/s1. The summed E-state index contributed by atoms with van der Waals surface area (Å²) in [5, 5.41) is 0. The summed E-state index contributed by atoms with van der Waals surface area (Å²) in [4.78, 5) is 42.3. The maximum atomic E-state index is 12.2. The molecule has 0 aliphatic carbocycles. The van der Waals surface area contributed by atoms with Crippen molar-refractivity contribution in [3.05, 3.63) is 12.2 Å². The van der Waals surface area contributed by atoms with Gasteiger partial charge in [0.25, 0.3) is 0 Å². The molecular formula is C31H57O9P. The Morgan fingerprint density at radius 1 is 0.756 bits per heavy atom. The van der Waals surface area contributed by atoms with E-state index in [2.05, 4.69) is 30.5 Å². The molecule has 2 N–H and O–H groups in total. The molecule has 10 heteroatoms. The van der Waals surface area contributed by atoms with Crippen LogP contribution in [-0.2, 0) is 32.9 Å². The number of esters is 2. The summed E-state index contributed by atoms with van der Waals surface area (Å²) in [7, 11) is -4.74. The highest BCUT2D eigenvalue weighted by Crippen LogP contribution is 2.36. The van der Waals surface area contributed by atoms with E-state index < -0.39 is 32.5 Å². The van der Waals surface area contributed by atoms with Crippen LogP contribution in [0.2, 0.25) is 0 Å². The van der Waals surface area contributed by atoms with Gasteiger partial charge in [0.15, 0.2) is 6.10 Å². The van der Waals surface area contributed by atoms with Gasteiger partial charge in [-0.1, -0.05) is 103 Å². The first kappa shape index (κ1) is 37.8. The maximum absolute atomic E-state index is 12.2. The molecule has 0 bridgehead atoms. The summed E-state index contributed by atoms with van der Waals surface area (Å²) in [5.41, 5.74) is 0. The van der Waals surface area contributed by atoms with Crippen LogP contribution in [0.1, 0.15) is 142 Å². The van der Waals surface area contributed by atoms with Gasteiger partial charge in [-0.15, -0.1) is 0 Å². The lowest BCUT2D eigenvalue weighted by Gasteiger charge is -2.18. The predicted octanol–water partition coefficient (Wildman–Crippen LogP) is 7.72. The van der Waals surface area contributed by atoms with E-state index in [1.54, 1.807) is 0 Å². The van der Waals surface area contributed by atoms with Gasteiger partial charge in [0, 0.05) is 12.8 Å². The highest BCUT2D eigenvalue weighted by Gasteiger charge is 2.36. The van der Waals surface area contributed by atoms with Gasteiger partial charge in [0.2, 0.25) is 0 Å². The monoisotopic (exact) mass is 604 g/mol. The van der Waals surface area contributed by atoms with Crippen molar-refractivity contribution in [3.8, 4) is 0 Å². The normalized spacial score (nSPS) is 17.6. The maximum Gasteiger partial charge on any atom is 0.469 e. The Labute approximate surface area is 248 Å². The van der Waals surface area contributed by atoms with Crippen LogP contribution in [0.3, 0.4) is 0 Å². The van der Waals surface area contributed by atoms with Gasteiger partial charge in [-0.2, -0.15) is 0 Å². The first-order valence-corrected chi connectivity index (χ1v) is 17.6. The van der Waals surface area contributed by atoms with E-state index in [-0.39, 0.29) is 19.4 Å². The molecule has 2 unspecified atom stereocenters. The Morgan fingerprint density at radius 3 is 2.00 bits per heavy atom. The SMILES string of the molecule is CCCCC/C=C\CC1OC1CCCCCCCC(=O)OC[C@H](COP(=O)(O)O)OC(=O)CCCCCCCCC. The van der Waals surface area contributed by atoms with Gasteiger partial charge in [-0.25, -0.2) is 4.57 Å². The second-order valence-corrected chi connectivity index (χ2v) is 12.4. The molecule has 41 heavy (non-hydrogen) atoms. The highest BCUT2D eigenvalue weighted by molar-refractivity contribution is 7.46. The first-order chi connectivity index (χ1) is 19.7. The average molecular weight is 605 g/mol. The number of hydrogen-bond donors (Lipinski definition) is 2. The molecule has 1 aliphatic heterocycles. The fourth-order valence-electron chi connectivity index (χ4n) is 4.67. The molecule has 9 nitrogen and oxygen atoms in total. The van der Waals surface area contributed by atoms with E-state index in [0.717, 1.165) is 64.2 Å². The second kappa shape index (κ2) is 24.2. The zero-order valence-corrected chi connectivity index (χ0v) is 26.5. The number of epoxide rings is 1. The Hall–Kier alpha value is -1.25. The van der Waals surface area contributed by atoms with Gasteiger partial charge in [0.05, 0.1) is 18.8 Å². The molecule has 0 saturated carbocycles. The summed E-state index contributed by atoms with van der Waals surface area (Å²) in [6.07, 6.45) is 24.1. The van der Waals surface area contributed by atoms with Crippen molar-refractivity contribution in [2.45, 2.75) is 161 Å². The molecule has 1 heterocycles. The van der Waals surface area contributed by atoms with Crippen LogP contribution in [0, 0.1) is 0 Å². The zero-order valence-electron chi connectivity index (χ0n) is 25.6. The van der Waals surface area contributed by atoms with Gasteiger partial charge in [0.1, 0.15) is 6.61 Å². The smallest absolute Gasteiger partial charge is 0.462 e. The van der Waals surface area contributed by atoms with E-state index in [1.165, 1.54) is 38.5 Å². The summed E-state index contributed by atoms with van der Waals surface area (Å²) in [6, 6.07) is 0. The van der Waals surface area contributed by atoms with E-state index in [4.69, 9.17) is 24.0 Å². The third-order valence-corrected chi connectivity index (χ3v) is 7.69. The topological polar surface area (TPSA) is 132 Å². The molecule has 0 amide bonds. The lowest BCUT2D eigenvalue weighted by Crippen LogP contribution is -2.29. The van der Waals surface area contributed by atoms with E-state index in [9.17, 15) is 14.2 Å². The quantitative estimate of drug-likeness (QED) is 0.0303.